The minimum absolute atomic E-state index is 0.383. The highest BCUT2D eigenvalue weighted by Gasteiger charge is 2.20. The second-order valence-electron chi connectivity index (χ2n) is 3.60. The summed E-state index contributed by atoms with van der Waals surface area (Å²) >= 11 is 0. The van der Waals surface area contributed by atoms with E-state index in [1.807, 2.05) is 25.1 Å². The van der Waals surface area contributed by atoms with Crippen molar-refractivity contribution in [2.75, 3.05) is 7.11 Å². The van der Waals surface area contributed by atoms with Gasteiger partial charge in [0, 0.05) is 6.42 Å². The molecule has 0 aromatic heterocycles. The van der Waals surface area contributed by atoms with E-state index in [0.29, 0.717) is 12.2 Å². The maximum atomic E-state index is 11.5. The van der Waals surface area contributed by atoms with E-state index in [1.165, 1.54) is 7.11 Å². The molecule has 0 N–H and O–H groups in total. The standard InChI is InChI=1S/C13H16O3/c1-10(2)9-12(13(14)15-3)16-11-7-5-4-6-8-11/h4-8,12H,1,9H2,2-3H3. The van der Waals surface area contributed by atoms with Crippen LogP contribution in [-0.2, 0) is 9.53 Å². The van der Waals surface area contributed by atoms with Crippen LogP contribution in [0.2, 0.25) is 0 Å². The zero-order valence-corrected chi connectivity index (χ0v) is 9.60. The van der Waals surface area contributed by atoms with E-state index in [-0.39, 0.29) is 5.97 Å². The third-order valence-electron chi connectivity index (χ3n) is 2.02. The second-order valence-corrected chi connectivity index (χ2v) is 3.60. The summed E-state index contributed by atoms with van der Waals surface area (Å²) in [5.74, 6) is 0.269. The lowest BCUT2D eigenvalue weighted by Gasteiger charge is -2.16. The maximum absolute atomic E-state index is 11.5. The SMILES string of the molecule is C=C(C)CC(Oc1ccccc1)C(=O)OC. The molecule has 1 atom stereocenters. The van der Waals surface area contributed by atoms with Gasteiger partial charge in [0.05, 0.1) is 7.11 Å². The van der Waals surface area contributed by atoms with Crippen LogP contribution in [0.25, 0.3) is 0 Å². The lowest BCUT2D eigenvalue weighted by Crippen LogP contribution is -2.28. The lowest BCUT2D eigenvalue weighted by atomic mass is 10.1. The summed E-state index contributed by atoms with van der Waals surface area (Å²) < 4.78 is 10.2. The zero-order chi connectivity index (χ0) is 12.0. The number of hydrogen-bond acceptors (Lipinski definition) is 3. The Kier molecular flexibility index (Phi) is 4.58. The third-order valence-corrected chi connectivity index (χ3v) is 2.02. The van der Waals surface area contributed by atoms with E-state index < -0.39 is 6.10 Å². The molecule has 0 saturated heterocycles. The molecule has 0 aliphatic rings. The summed E-state index contributed by atoms with van der Waals surface area (Å²) in [6.45, 7) is 5.62. The Bertz CT molecular complexity index is 357. The van der Waals surface area contributed by atoms with Gasteiger partial charge in [-0.3, -0.25) is 0 Å². The fraction of sp³-hybridized carbons (Fsp3) is 0.308. The van der Waals surface area contributed by atoms with Crippen LogP contribution < -0.4 is 4.74 Å². The molecule has 0 radical (unpaired) electrons. The number of hydrogen-bond donors (Lipinski definition) is 0. The zero-order valence-electron chi connectivity index (χ0n) is 9.60. The number of methoxy groups -OCH3 is 1. The van der Waals surface area contributed by atoms with Gasteiger partial charge in [-0.25, -0.2) is 4.79 Å². The lowest BCUT2D eigenvalue weighted by molar-refractivity contribution is -0.148. The molecule has 0 fully saturated rings. The van der Waals surface area contributed by atoms with Crippen LogP contribution in [0.4, 0.5) is 0 Å². The van der Waals surface area contributed by atoms with Gasteiger partial charge in [0.15, 0.2) is 6.10 Å². The molecule has 86 valence electrons. The first kappa shape index (κ1) is 12.3. The molecular weight excluding hydrogens is 204 g/mol. The van der Waals surface area contributed by atoms with Crippen molar-refractivity contribution >= 4 is 5.97 Å². The van der Waals surface area contributed by atoms with Crippen LogP contribution in [0.5, 0.6) is 5.75 Å². The Morgan fingerprint density at radius 2 is 2.00 bits per heavy atom. The van der Waals surface area contributed by atoms with Crippen LogP contribution in [0.3, 0.4) is 0 Å². The van der Waals surface area contributed by atoms with Gasteiger partial charge in [0.25, 0.3) is 0 Å². The Morgan fingerprint density at radius 3 is 2.50 bits per heavy atom. The van der Waals surface area contributed by atoms with Crippen molar-refractivity contribution in [1.82, 2.24) is 0 Å². The van der Waals surface area contributed by atoms with Gasteiger partial charge in [0.2, 0.25) is 0 Å². The molecule has 3 heteroatoms. The van der Waals surface area contributed by atoms with Crippen LogP contribution >= 0.6 is 0 Å². The minimum atomic E-state index is -0.620. The Hall–Kier alpha value is -1.77. The Labute approximate surface area is 95.7 Å². The molecule has 1 rings (SSSR count). The summed E-state index contributed by atoms with van der Waals surface area (Å²) in [5.41, 5.74) is 0.881. The van der Waals surface area contributed by atoms with Gasteiger partial charge in [-0.05, 0) is 19.1 Å². The third kappa shape index (κ3) is 3.77. The first-order valence-corrected chi connectivity index (χ1v) is 5.07. The smallest absolute Gasteiger partial charge is 0.347 e. The highest BCUT2D eigenvalue weighted by molar-refractivity contribution is 5.75. The molecule has 1 aromatic carbocycles. The minimum Gasteiger partial charge on any atom is -0.478 e. The van der Waals surface area contributed by atoms with E-state index in [1.54, 1.807) is 12.1 Å². The molecule has 0 spiro atoms. The van der Waals surface area contributed by atoms with E-state index in [2.05, 4.69) is 11.3 Å². The van der Waals surface area contributed by atoms with E-state index in [9.17, 15) is 4.79 Å². The summed E-state index contributed by atoms with van der Waals surface area (Å²) in [4.78, 5) is 11.5. The van der Waals surface area contributed by atoms with Crippen molar-refractivity contribution in [3.8, 4) is 5.75 Å². The molecule has 0 aliphatic heterocycles. The summed E-state index contributed by atoms with van der Waals surface area (Å²) in [6.07, 6.45) is -0.161. The fourth-order valence-electron chi connectivity index (χ4n) is 1.28. The van der Waals surface area contributed by atoms with Crippen molar-refractivity contribution in [1.29, 1.82) is 0 Å². The van der Waals surface area contributed by atoms with Crippen molar-refractivity contribution in [2.24, 2.45) is 0 Å². The molecule has 0 saturated carbocycles. The largest absolute Gasteiger partial charge is 0.478 e. The Morgan fingerprint density at radius 1 is 1.38 bits per heavy atom. The number of ether oxygens (including phenoxy) is 2. The number of para-hydroxylation sites is 1. The molecule has 16 heavy (non-hydrogen) atoms. The average molecular weight is 220 g/mol. The molecule has 0 heterocycles. The maximum Gasteiger partial charge on any atom is 0.347 e. The fourth-order valence-corrected chi connectivity index (χ4v) is 1.28. The molecule has 1 aromatic rings. The van der Waals surface area contributed by atoms with Crippen LogP contribution in [-0.4, -0.2) is 19.2 Å². The van der Waals surface area contributed by atoms with Gasteiger partial charge in [-0.1, -0.05) is 30.4 Å². The predicted octanol–water partition coefficient (Wildman–Crippen LogP) is 2.57. The number of carbonyl (C=O) groups is 1. The Balaban J connectivity index is 2.70. The highest BCUT2D eigenvalue weighted by Crippen LogP contribution is 2.15. The normalized spacial score (nSPS) is 11.6. The number of rotatable bonds is 5. The van der Waals surface area contributed by atoms with Gasteiger partial charge in [-0.15, -0.1) is 0 Å². The van der Waals surface area contributed by atoms with Crippen molar-refractivity contribution in [2.45, 2.75) is 19.4 Å². The van der Waals surface area contributed by atoms with E-state index in [0.717, 1.165) is 5.57 Å². The van der Waals surface area contributed by atoms with Crippen LogP contribution in [0, 0.1) is 0 Å². The van der Waals surface area contributed by atoms with Crippen LogP contribution in [0.15, 0.2) is 42.5 Å². The predicted molar refractivity (Wildman–Crippen MR) is 62.3 cm³/mol. The first-order valence-electron chi connectivity index (χ1n) is 5.07. The molecule has 0 bridgehead atoms. The van der Waals surface area contributed by atoms with Crippen molar-refractivity contribution in [3.05, 3.63) is 42.5 Å². The molecular formula is C13H16O3. The number of carbonyl (C=O) groups excluding carboxylic acids is 1. The average Bonchev–Trinajstić information content (AvgIpc) is 2.28. The number of benzene rings is 1. The first-order chi connectivity index (χ1) is 7.63. The van der Waals surface area contributed by atoms with Crippen LogP contribution in [0.1, 0.15) is 13.3 Å². The van der Waals surface area contributed by atoms with E-state index in [4.69, 9.17) is 4.74 Å². The van der Waals surface area contributed by atoms with Crippen molar-refractivity contribution < 1.29 is 14.3 Å². The van der Waals surface area contributed by atoms with Gasteiger partial charge >= 0.3 is 5.97 Å². The summed E-state index contributed by atoms with van der Waals surface area (Å²) in [5, 5.41) is 0. The van der Waals surface area contributed by atoms with E-state index >= 15 is 0 Å². The molecule has 3 nitrogen and oxygen atoms in total. The molecule has 0 amide bonds. The monoisotopic (exact) mass is 220 g/mol. The van der Waals surface area contributed by atoms with Gasteiger partial charge < -0.3 is 9.47 Å². The van der Waals surface area contributed by atoms with Gasteiger partial charge in [0.1, 0.15) is 5.75 Å². The number of esters is 1. The summed E-state index contributed by atoms with van der Waals surface area (Å²) in [7, 11) is 1.35. The summed E-state index contributed by atoms with van der Waals surface area (Å²) in [6, 6.07) is 9.19. The second kappa shape index (κ2) is 5.95. The van der Waals surface area contributed by atoms with Gasteiger partial charge in [-0.2, -0.15) is 0 Å². The molecule has 1 unspecified atom stereocenters. The topological polar surface area (TPSA) is 35.5 Å². The highest BCUT2D eigenvalue weighted by atomic mass is 16.6. The van der Waals surface area contributed by atoms with Crippen molar-refractivity contribution in [3.63, 3.8) is 0 Å². The molecule has 0 aliphatic carbocycles. The quantitative estimate of drug-likeness (QED) is 0.565.